The van der Waals surface area contributed by atoms with Crippen molar-refractivity contribution < 1.29 is 13.6 Å². The molecule has 0 unspecified atom stereocenters. The average Bonchev–Trinajstić information content (AvgIpc) is 2.84. The monoisotopic (exact) mass is 372 g/mol. The summed E-state index contributed by atoms with van der Waals surface area (Å²) in [5, 5.41) is 12.3. The summed E-state index contributed by atoms with van der Waals surface area (Å²) >= 11 is 3.37. The Morgan fingerprint density at radius 3 is 2.87 bits per heavy atom. The summed E-state index contributed by atoms with van der Waals surface area (Å²) in [6.07, 6.45) is 0. The third-order valence-corrected chi connectivity index (χ3v) is 3.97. The van der Waals surface area contributed by atoms with E-state index in [1.54, 1.807) is 19.1 Å². The van der Waals surface area contributed by atoms with E-state index < -0.39 is 11.7 Å². The van der Waals surface area contributed by atoms with Gasteiger partial charge in [-0.05, 0) is 37.3 Å². The normalized spacial score (nSPS) is 10.5. The van der Waals surface area contributed by atoms with Crippen LogP contribution in [0.1, 0.15) is 21.7 Å². The summed E-state index contributed by atoms with van der Waals surface area (Å²) in [4.78, 5) is 12.4. The van der Waals surface area contributed by atoms with Gasteiger partial charge in [-0.3, -0.25) is 4.79 Å². The van der Waals surface area contributed by atoms with Crippen molar-refractivity contribution in [2.24, 2.45) is 0 Å². The van der Waals surface area contributed by atoms with Crippen LogP contribution in [0.5, 0.6) is 0 Å². The van der Waals surface area contributed by atoms with Crippen molar-refractivity contribution in [1.29, 1.82) is 5.26 Å². The molecule has 1 heterocycles. The Balaban J connectivity index is 2.01. The van der Waals surface area contributed by atoms with Crippen LogP contribution in [0.2, 0.25) is 0 Å². The first kappa shape index (κ1) is 15.3. The van der Waals surface area contributed by atoms with Gasteiger partial charge in [-0.1, -0.05) is 22.0 Å². The summed E-state index contributed by atoms with van der Waals surface area (Å²) in [6, 6.07) is 11.2. The van der Waals surface area contributed by atoms with Gasteiger partial charge < -0.3 is 9.73 Å². The SMILES string of the molecule is Cc1c(C(=O)Nc2cccc(F)c2C#N)oc2ccc(Br)cc12. The quantitative estimate of drug-likeness (QED) is 0.704. The molecule has 0 aliphatic carbocycles. The highest BCUT2D eigenvalue weighted by atomic mass is 79.9. The number of amides is 1. The lowest BCUT2D eigenvalue weighted by molar-refractivity contribution is 0.0998. The van der Waals surface area contributed by atoms with E-state index in [-0.39, 0.29) is 17.0 Å². The maximum Gasteiger partial charge on any atom is 0.291 e. The molecule has 0 fully saturated rings. The van der Waals surface area contributed by atoms with E-state index in [1.165, 1.54) is 12.1 Å². The Morgan fingerprint density at radius 2 is 2.13 bits per heavy atom. The Kier molecular flexibility index (Phi) is 3.89. The van der Waals surface area contributed by atoms with Crippen molar-refractivity contribution in [1.82, 2.24) is 0 Å². The second-order valence-electron chi connectivity index (χ2n) is 4.92. The molecular weight excluding hydrogens is 363 g/mol. The summed E-state index contributed by atoms with van der Waals surface area (Å²) in [6.45, 7) is 1.77. The first-order valence-electron chi connectivity index (χ1n) is 6.70. The van der Waals surface area contributed by atoms with Crippen molar-refractivity contribution >= 4 is 38.5 Å². The van der Waals surface area contributed by atoms with Crippen LogP contribution in [-0.4, -0.2) is 5.91 Å². The van der Waals surface area contributed by atoms with Crippen molar-refractivity contribution in [3.63, 3.8) is 0 Å². The molecule has 0 saturated heterocycles. The van der Waals surface area contributed by atoms with Gasteiger partial charge in [0, 0.05) is 15.4 Å². The zero-order valence-corrected chi connectivity index (χ0v) is 13.6. The van der Waals surface area contributed by atoms with Crippen LogP contribution in [0.3, 0.4) is 0 Å². The molecule has 3 rings (SSSR count). The molecule has 1 N–H and O–H groups in total. The number of nitrogens with one attached hydrogen (secondary N) is 1. The molecule has 0 saturated carbocycles. The molecule has 0 radical (unpaired) electrons. The number of halogens is 2. The van der Waals surface area contributed by atoms with Crippen LogP contribution in [0, 0.1) is 24.1 Å². The van der Waals surface area contributed by atoms with E-state index in [9.17, 15) is 9.18 Å². The number of hydrogen-bond acceptors (Lipinski definition) is 3. The molecular formula is C17H10BrFN2O2. The molecule has 4 nitrogen and oxygen atoms in total. The van der Waals surface area contributed by atoms with E-state index in [2.05, 4.69) is 21.2 Å². The highest BCUT2D eigenvalue weighted by molar-refractivity contribution is 9.10. The highest BCUT2D eigenvalue weighted by Crippen LogP contribution is 2.29. The van der Waals surface area contributed by atoms with Crippen molar-refractivity contribution in [2.75, 3.05) is 5.32 Å². The van der Waals surface area contributed by atoms with Crippen molar-refractivity contribution in [2.45, 2.75) is 6.92 Å². The van der Waals surface area contributed by atoms with Crippen LogP contribution in [-0.2, 0) is 0 Å². The van der Waals surface area contributed by atoms with Crippen LogP contribution < -0.4 is 5.32 Å². The fourth-order valence-electron chi connectivity index (χ4n) is 2.33. The topological polar surface area (TPSA) is 66.0 Å². The molecule has 0 bridgehead atoms. The van der Waals surface area contributed by atoms with E-state index in [0.29, 0.717) is 11.1 Å². The number of benzene rings is 2. The van der Waals surface area contributed by atoms with Crippen molar-refractivity contribution in [3.05, 3.63) is 63.6 Å². The van der Waals surface area contributed by atoms with Crippen LogP contribution >= 0.6 is 15.9 Å². The standard InChI is InChI=1S/C17H10BrFN2O2/c1-9-11-7-10(18)5-6-15(11)23-16(9)17(22)21-14-4-2-3-13(19)12(14)8-20/h2-7H,1H3,(H,21,22). The molecule has 114 valence electrons. The minimum absolute atomic E-state index is 0.110. The largest absolute Gasteiger partial charge is 0.451 e. The van der Waals surface area contributed by atoms with E-state index in [1.807, 2.05) is 12.1 Å². The van der Waals surface area contributed by atoms with E-state index >= 15 is 0 Å². The van der Waals surface area contributed by atoms with Gasteiger partial charge in [-0.25, -0.2) is 4.39 Å². The Morgan fingerprint density at radius 1 is 1.35 bits per heavy atom. The number of nitrogens with zero attached hydrogens (tertiary/aromatic N) is 1. The lowest BCUT2D eigenvalue weighted by Gasteiger charge is -2.06. The van der Waals surface area contributed by atoms with Gasteiger partial charge in [0.15, 0.2) is 5.76 Å². The number of hydrogen-bond donors (Lipinski definition) is 1. The molecule has 23 heavy (non-hydrogen) atoms. The minimum Gasteiger partial charge on any atom is -0.451 e. The number of carbonyl (C=O) groups excluding carboxylic acids is 1. The lowest BCUT2D eigenvalue weighted by Crippen LogP contribution is -2.13. The van der Waals surface area contributed by atoms with Gasteiger partial charge in [-0.2, -0.15) is 5.26 Å². The van der Waals surface area contributed by atoms with Gasteiger partial charge in [0.2, 0.25) is 0 Å². The van der Waals surface area contributed by atoms with Gasteiger partial charge in [0.25, 0.3) is 5.91 Å². The summed E-state index contributed by atoms with van der Waals surface area (Å²) in [5.41, 5.74) is 1.15. The molecule has 3 aromatic rings. The average molecular weight is 373 g/mol. The number of rotatable bonds is 2. The maximum absolute atomic E-state index is 13.6. The molecule has 0 aliphatic rings. The lowest BCUT2D eigenvalue weighted by atomic mass is 10.1. The van der Waals surface area contributed by atoms with E-state index in [0.717, 1.165) is 15.9 Å². The van der Waals surface area contributed by atoms with Gasteiger partial charge in [0.05, 0.1) is 5.69 Å². The third-order valence-electron chi connectivity index (χ3n) is 3.48. The summed E-state index contributed by atoms with van der Waals surface area (Å²) < 4.78 is 20.0. The molecule has 6 heteroatoms. The fraction of sp³-hybridized carbons (Fsp3) is 0.0588. The Labute approximate surface area is 139 Å². The minimum atomic E-state index is -0.685. The number of carbonyl (C=O) groups is 1. The first-order valence-corrected chi connectivity index (χ1v) is 7.49. The summed E-state index contributed by atoms with van der Waals surface area (Å²) in [5.74, 6) is -1.08. The second kappa shape index (κ2) is 5.86. The molecule has 2 aromatic carbocycles. The van der Waals surface area contributed by atoms with Crippen LogP contribution in [0.4, 0.5) is 10.1 Å². The smallest absolute Gasteiger partial charge is 0.291 e. The molecule has 1 aromatic heterocycles. The Bertz CT molecular complexity index is 973. The number of fused-ring (bicyclic) bond motifs is 1. The fourth-order valence-corrected chi connectivity index (χ4v) is 2.69. The predicted octanol–water partition coefficient (Wildman–Crippen LogP) is 4.77. The molecule has 0 atom stereocenters. The third kappa shape index (κ3) is 2.71. The van der Waals surface area contributed by atoms with Crippen LogP contribution in [0.15, 0.2) is 45.3 Å². The second-order valence-corrected chi connectivity index (χ2v) is 5.84. The first-order chi connectivity index (χ1) is 11.0. The van der Waals surface area contributed by atoms with Crippen LogP contribution in [0.25, 0.3) is 11.0 Å². The van der Waals surface area contributed by atoms with Gasteiger partial charge in [-0.15, -0.1) is 0 Å². The maximum atomic E-state index is 13.6. The van der Waals surface area contributed by atoms with E-state index in [4.69, 9.17) is 9.68 Å². The predicted molar refractivity (Wildman–Crippen MR) is 87.7 cm³/mol. The molecule has 0 aliphatic heterocycles. The highest BCUT2D eigenvalue weighted by Gasteiger charge is 2.19. The van der Waals surface area contributed by atoms with Gasteiger partial charge >= 0.3 is 0 Å². The number of nitriles is 1. The molecule has 1 amide bonds. The Hall–Kier alpha value is -2.65. The van der Waals surface area contributed by atoms with Gasteiger partial charge in [0.1, 0.15) is 23.0 Å². The number of anilines is 1. The summed E-state index contributed by atoms with van der Waals surface area (Å²) in [7, 11) is 0. The van der Waals surface area contributed by atoms with Crippen molar-refractivity contribution in [3.8, 4) is 6.07 Å². The number of furan rings is 1. The zero-order valence-electron chi connectivity index (χ0n) is 12.0. The zero-order chi connectivity index (χ0) is 16.6. The number of aryl methyl sites for hydroxylation is 1. The molecule has 0 spiro atoms.